The number of hydrogen-bond acceptors (Lipinski definition) is 3. The van der Waals surface area contributed by atoms with Crippen LogP contribution in [0.15, 0.2) is 34.9 Å². The molecule has 0 bridgehead atoms. The first-order valence-electron chi connectivity index (χ1n) is 7.81. The standard InChI is InChI=1S/C18H19BrN4O/c1-11-10-14(19)4-6-16(11)22-18(24)7-5-15-12(2)21-17-8-9-20-23(17)13(15)3/h4,6,8-10H,5,7H2,1-3H3,(H,22,24). The molecule has 0 spiro atoms. The Morgan fingerprint density at radius 2 is 2.04 bits per heavy atom. The molecule has 2 heterocycles. The monoisotopic (exact) mass is 386 g/mol. The van der Waals surface area contributed by atoms with Crippen LogP contribution in [-0.2, 0) is 11.2 Å². The third-order valence-corrected chi connectivity index (χ3v) is 4.65. The molecular weight excluding hydrogens is 368 g/mol. The van der Waals surface area contributed by atoms with Crippen LogP contribution in [-0.4, -0.2) is 20.5 Å². The Hall–Kier alpha value is -2.21. The summed E-state index contributed by atoms with van der Waals surface area (Å²) in [6.45, 7) is 5.97. The number of carbonyl (C=O) groups excluding carboxylic acids is 1. The third kappa shape index (κ3) is 3.33. The largest absolute Gasteiger partial charge is 0.326 e. The van der Waals surface area contributed by atoms with Crippen LogP contribution in [0.5, 0.6) is 0 Å². The predicted octanol–water partition coefficient (Wildman–Crippen LogP) is 3.99. The fourth-order valence-electron chi connectivity index (χ4n) is 2.85. The Labute approximate surface area is 149 Å². The molecule has 1 amide bonds. The third-order valence-electron chi connectivity index (χ3n) is 4.16. The van der Waals surface area contributed by atoms with Gasteiger partial charge in [-0.2, -0.15) is 5.10 Å². The van der Waals surface area contributed by atoms with E-state index in [4.69, 9.17) is 0 Å². The zero-order valence-corrected chi connectivity index (χ0v) is 15.5. The van der Waals surface area contributed by atoms with Crippen LogP contribution >= 0.6 is 15.9 Å². The lowest BCUT2D eigenvalue weighted by Gasteiger charge is -2.12. The molecule has 3 rings (SSSR count). The van der Waals surface area contributed by atoms with Crippen molar-refractivity contribution in [3.8, 4) is 0 Å². The van der Waals surface area contributed by atoms with E-state index in [1.54, 1.807) is 6.20 Å². The van der Waals surface area contributed by atoms with Crippen molar-refractivity contribution >= 4 is 33.2 Å². The number of nitrogens with one attached hydrogen (secondary N) is 1. The maximum Gasteiger partial charge on any atom is 0.224 e. The van der Waals surface area contributed by atoms with Crippen molar-refractivity contribution in [3.05, 3.63) is 57.4 Å². The van der Waals surface area contributed by atoms with Gasteiger partial charge in [0.2, 0.25) is 5.91 Å². The number of aromatic nitrogens is 3. The second-order valence-electron chi connectivity index (χ2n) is 5.87. The van der Waals surface area contributed by atoms with Crippen LogP contribution in [0.4, 0.5) is 5.69 Å². The van der Waals surface area contributed by atoms with E-state index < -0.39 is 0 Å². The molecule has 0 saturated carbocycles. The van der Waals surface area contributed by atoms with Gasteiger partial charge in [0.05, 0.1) is 6.20 Å². The molecule has 0 aliphatic heterocycles. The molecule has 3 aromatic rings. The number of fused-ring (bicyclic) bond motifs is 1. The molecule has 0 fully saturated rings. The summed E-state index contributed by atoms with van der Waals surface area (Å²) >= 11 is 3.43. The van der Waals surface area contributed by atoms with E-state index in [-0.39, 0.29) is 5.91 Å². The summed E-state index contributed by atoms with van der Waals surface area (Å²) in [5.41, 5.74) is 5.78. The highest BCUT2D eigenvalue weighted by atomic mass is 79.9. The topological polar surface area (TPSA) is 59.3 Å². The smallest absolute Gasteiger partial charge is 0.224 e. The number of halogens is 1. The molecule has 1 N–H and O–H groups in total. The van der Waals surface area contributed by atoms with E-state index in [1.165, 1.54) is 0 Å². The molecule has 124 valence electrons. The molecule has 6 heteroatoms. The first-order valence-corrected chi connectivity index (χ1v) is 8.61. The number of rotatable bonds is 4. The molecule has 0 saturated heterocycles. The molecule has 24 heavy (non-hydrogen) atoms. The summed E-state index contributed by atoms with van der Waals surface area (Å²) in [5, 5.41) is 7.26. The Kier molecular flexibility index (Phi) is 4.66. The predicted molar refractivity (Wildman–Crippen MR) is 98.3 cm³/mol. The minimum atomic E-state index is -0.000199. The Morgan fingerprint density at radius 3 is 2.79 bits per heavy atom. The average Bonchev–Trinajstić information content (AvgIpc) is 2.98. The summed E-state index contributed by atoms with van der Waals surface area (Å²) in [6.07, 6.45) is 2.79. The highest BCUT2D eigenvalue weighted by molar-refractivity contribution is 9.10. The second kappa shape index (κ2) is 6.73. The number of amides is 1. The lowest BCUT2D eigenvalue weighted by Crippen LogP contribution is -2.15. The molecule has 0 aliphatic rings. The van der Waals surface area contributed by atoms with E-state index in [1.807, 2.05) is 49.6 Å². The van der Waals surface area contributed by atoms with Gasteiger partial charge in [0.15, 0.2) is 5.65 Å². The lowest BCUT2D eigenvalue weighted by molar-refractivity contribution is -0.116. The van der Waals surface area contributed by atoms with Gasteiger partial charge in [0, 0.05) is 34.0 Å². The summed E-state index contributed by atoms with van der Waals surface area (Å²) in [6, 6.07) is 7.70. The van der Waals surface area contributed by atoms with Crippen LogP contribution in [0.25, 0.3) is 5.65 Å². The zero-order valence-electron chi connectivity index (χ0n) is 13.9. The summed E-state index contributed by atoms with van der Waals surface area (Å²) in [5.74, 6) is -0.000199. The van der Waals surface area contributed by atoms with Gasteiger partial charge < -0.3 is 5.32 Å². The van der Waals surface area contributed by atoms with E-state index in [0.717, 1.165) is 38.3 Å². The van der Waals surface area contributed by atoms with E-state index >= 15 is 0 Å². The molecule has 0 atom stereocenters. The highest BCUT2D eigenvalue weighted by Gasteiger charge is 2.12. The number of carbonyl (C=O) groups is 1. The van der Waals surface area contributed by atoms with Crippen molar-refractivity contribution < 1.29 is 4.79 Å². The minimum absolute atomic E-state index is 0.000199. The van der Waals surface area contributed by atoms with Gasteiger partial charge in [-0.3, -0.25) is 4.79 Å². The fourth-order valence-corrected chi connectivity index (χ4v) is 3.32. The molecular formula is C18H19BrN4O. The first kappa shape index (κ1) is 16.6. The van der Waals surface area contributed by atoms with Gasteiger partial charge in [0.25, 0.3) is 0 Å². The van der Waals surface area contributed by atoms with Crippen LogP contribution < -0.4 is 5.32 Å². The van der Waals surface area contributed by atoms with Crippen molar-refractivity contribution in [2.24, 2.45) is 0 Å². The van der Waals surface area contributed by atoms with Crippen LogP contribution in [0.3, 0.4) is 0 Å². The number of anilines is 1. The van der Waals surface area contributed by atoms with Crippen molar-refractivity contribution in [3.63, 3.8) is 0 Å². The minimum Gasteiger partial charge on any atom is -0.326 e. The van der Waals surface area contributed by atoms with Crippen LogP contribution in [0.2, 0.25) is 0 Å². The quantitative estimate of drug-likeness (QED) is 0.737. The number of nitrogens with zero attached hydrogens (tertiary/aromatic N) is 3. The highest BCUT2D eigenvalue weighted by Crippen LogP contribution is 2.21. The average molecular weight is 387 g/mol. The van der Waals surface area contributed by atoms with Gasteiger partial charge in [-0.15, -0.1) is 0 Å². The maximum absolute atomic E-state index is 12.3. The van der Waals surface area contributed by atoms with Gasteiger partial charge in [0.1, 0.15) is 0 Å². The molecule has 2 aromatic heterocycles. The molecule has 1 aromatic carbocycles. The van der Waals surface area contributed by atoms with Crippen LogP contribution in [0.1, 0.15) is 28.9 Å². The Morgan fingerprint density at radius 1 is 1.25 bits per heavy atom. The summed E-state index contributed by atoms with van der Waals surface area (Å²) in [4.78, 5) is 16.8. The summed E-state index contributed by atoms with van der Waals surface area (Å²) in [7, 11) is 0. The maximum atomic E-state index is 12.3. The van der Waals surface area contributed by atoms with Crippen molar-refractivity contribution in [2.45, 2.75) is 33.6 Å². The molecule has 0 unspecified atom stereocenters. The molecule has 0 radical (unpaired) electrons. The number of hydrogen-bond donors (Lipinski definition) is 1. The van der Waals surface area contributed by atoms with E-state index in [9.17, 15) is 4.79 Å². The van der Waals surface area contributed by atoms with Crippen molar-refractivity contribution in [1.82, 2.24) is 14.6 Å². The number of aryl methyl sites for hydroxylation is 3. The number of benzene rings is 1. The summed E-state index contributed by atoms with van der Waals surface area (Å²) < 4.78 is 2.82. The van der Waals surface area contributed by atoms with Crippen LogP contribution in [0, 0.1) is 20.8 Å². The Balaban J connectivity index is 1.72. The lowest BCUT2D eigenvalue weighted by atomic mass is 10.1. The second-order valence-corrected chi connectivity index (χ2v) is 6.79. The normalized spacial score (nSPS) is 11.0. The van der Waals surface area contributed by atoms with Crippen molar-refractivity contribution in [1.29, 1.82) is 0 Å². The van der Waals surface area contributed by atoms with E-state index in [0.29, 0.717) is 12.8 Å². The van der Waals surface area contributed by atoms with Gasteiger partial charge in [-0.05, 0) is 56.5 Å². The van der Waals surface area contributed by atoms with Crippen molar-refractivity contribution in [2.75, 3.05) is 5.32 Å². The van der Waals surface area contributed by atoms with Gasteiger partial charge in [-0.25, -0.2) is 9.50 Å². The molecule has 0 aliphatic carbocycles. The zero-order chi connectivity index (χ0) is 17.3. The van der Waals surface area contributed by atoms with E-state index in [2.05, 4.69) is 31.3 Å². The molecule has 5 nitrogen and oxygen atoms in total. The Bertz CT molecular complexity index is 917. The van der Waals surface area contributed by atoms with Gasteiger partial charge in [-0.1, -0.05) is 15.9 Å². The first-order chi connectivity index (χ1) is 11.5. The SMILES string of the molecule is Cc1cc(Br)ccc1NC(=O)CCc1c(C)nc2ccnn2c1C. The van der Waals surface area contributed by atoms with Gasteiger partial charge >= 0.3 is 0 Å². The fraction of sp³-hybridized carbons (Fsp3) is 0.278.